The third-order valence-corrected chi connectivity index (χ3v) is 6.21. The van der Waals surface area contributed by atoms with Crippen molar-refractivity contribution < 1.29 is 4.74 Å². The summed E-state index contributed by atoms with van der Waals surface area (Å²) < 4.78 is 6.22. The van der Waals surface area contributed by atoms with Crippen LogP contribution < -0.4 is 4.74 Å². The second-order valence-corrected chi connectivity index (χ2v) is 8.46. The van der Waals surface area contributed by atoms with Gasteiger partial charge in [-0.3, -0.25) is 0 Å². The van der Waals surface area contributed by atoms with Crippen molar-refractivity contribution in [1.82, 2.24) is 0 Å². The highest BCUT2D eigenvalue weighted by Gasteiger charge is 2.23. The third-order valence-electron chi connectivity index (χ3n) is 6.21. The Balaban J connectivity index is 1.35. The fourth-order valence-electron chi connectivity index (χ4n) is 4.67. The molecule has 0 aromatic heterocycles. The van der Waals surface area contributed by atoms with Gasteiger partial charge in [0.15, 0.2) is 0 Å². The molecule has 1 nitrogen and oxygen atoms in total. The van der Waals surface area contributed by atoms with Gasteiger partial charge in [-0.25, -0.2) is 0 Å². The number of rotatable bonds is 7. The van der Waals surface area contributed by atoms with Gasteiger partial charge in [0.2, 0.25) is 0 Å². The first kappa shape index (κ1) is 19.6. The predicted octanol–water partition coefficient (Wildman–Crippen LogP) is 7.94. The van der Waals surface area contributed by atoms with Crippen molar-refractivity contribution in [3.63, 3.8) is 0 Å². The van der Waals surface area contributed by atoms with E-state index in [2.05, 4.69) is 104 Å². The average Bonchev–Trinajstić information content (AvgIpc) is 3.15. The monoisotopic (exact) mass is 404 g/mol. The zero-order valence-corrected chi connectivity index (χ0v) is 18.1. The van der Waals surface area contributed by atoms with E-state index in [1.807, 2.05) is 0 Å². The van der Waals surface area contributed by atoms with E-state index in [4.69, 9.17) is 4.74 Å². The maximum Gasteiger partial charge on any atom is 0.120 e. The Kier molecular flexibility index (Phi) is 5.58. The summed E-state index contributed by atoms with van der Waals surface area (Å²) in [5.41, 5.74) is 6.87. The Morgan fingerprint density at radius 2 is 1.55 bits per heavy atom. The topological polar surface area (TPSA) is 9.23 Å². The first-order chi connectivity index (χ1) is 15.3. The van der Waals surface area contributed by atoms with Crippen LogP contribution in [0.25, 0.3) is 16.3 Å². The molecule has 0 radical (unpaired) electrons. The van der Waals surface area contributed by atoms with Crippen molar-refractivity contribution >= 4 is 16.3 Å². The minimum Gasteiger partial charge on any atom is -0.489 e. The maximum absolute atomic E-state index is 6.22. The van der Waals surface area contributed by atoms with Crippen LogP contribution in [0, 0.1) is 0 Å². The van der Waals surface area contributed by atoms with E-state index < -0.39 is 0 Å². The normalized spacial score (nSPS) is 15.0. The highest BCUT2D eigenvalue weighted by atomic mass is 16.5. The Morgan fingerprint density at radius 3 is 2.39 bits per heavy atom. The molecule has 154 valence electrons. The van der Waals surface area contributed by atoms with Gasteiger partial charge in [-0.05, 0) is 69.6 Å². The number of benzene rings is 4. The van der Waals surface area contributed by atoms with E-state index in [-0.39, 0.29) is 0 Å². The summed E-state index contributed by atoms with van der Waals surface area (Å²) in [4.78, 5) is 0. The van der Waals surface area contributed by atoms with Crippen molar-refractivity contribution in [2.75, 3.05) is 0 Å². The van der Waals surface area contributed by atoms with Crippen LogP contribution in [-0.2, 0) is 13.0 Å². The highest BCUT2D eigenvalue weighted by molar-refractivity contribution is 5.83. The van der Waals surface area contributed by atoms with Gasteiger partial charge in [-0.2, -0.15) is 0 Å². The molecule has 0 spiro atoms. The molecular weight excluding hydrogens is 376 g/mol. The van der Waals surface area contributed by atoms with E-state index >= 15 is 0 Å². The lowest BCUT2D eigenvalue weighted by molar-refractivity contribution is 0.306. The van der Waals surface area contributed by atoms with Crippen molar-refractivity contribution in [2.24, 2.45) is 0 Å². The molecule has 0 bridgehead atoms. The summed E-state index contributed by atoms with van der Waals surface area (Å²) in [6, 6.07) is 32.5. The van der Waals surface area contributed by atoms with Crippen LogP contribution in [0.3, 0.4) is 0 Å². The Morgan fingerprint density at radius 1 is 0.742 bits per heavy atom. The van der Waals surface area contributed by atoms with Crippen molar-refractivity contribution in [3.05, 3.63) is 119 Å². The summed E-state index contributed by atoms with van der Waals surface area (Å²) in [5, 5.41) is 2.53. The molecule has 4 aromatic rings. The maximum atomic E-state index is 6.22. The smallest absolute Gasteiger partial charge is 0.120 e. The molecule has 1 aliphatic carbocycles. The van der Waals surface area contributed by atoms with E-state index in [1.54, 1.807) is 0 Å². The largest absolute Gasteiger partial charge is 0.489 e. The molecule has 5 rings (SSSR count). The number of hydrogen-bond acceptors (Lipinski definition) is 1. The molecule has 0 heterocycles. The number of fused-ring (bicyclic) bond motifs is 2. The van der Waals surface area contributed by atoms with Gasteiger partial charge in [-0.1, -0.05) is 92.2 Å². The fraction of sp³-hybridized carbons (Fsp3) is 0.200. The summed E-state index contributed by atoms with van der Waals surface area (Å²) in [5.74, 6) is 1.41. The van der Waals surface area contributed by atoms with Gasteiger partial charge in [-0.15, -0.1) is 0 Å². The third kappa shape index (κ3) is 4.27. The molecule has 1 aliphatic rings. The Hall–Kier alpha value is -3.32. The average molecular weight is 405 g/mol. The predicted molar refractivity (Wildman–Crippen MR) is 130 cm³/mol. The molecule has 1 unspecified atom stereocenters. The molecule has 1 heteroatoms. The molecule has 1 atom stereocenters. The molecule has 31 heavy (non-hydrogen) atoms. The molecule has 0 N–H and O–H groups in total. The lowest BCUT2D eigenvalue weighted by Gasteiger charge is -2.14. The standard InChI is InChI=1S/C30H28O/c1-2-8-26-19-27(17-22-9-4-3-5-10-22)29-16-15-28(20-30(26)29)31-21-23-13-14-24-11-6-7-12-25(24)18-23/h3-7,9-16,18-20,27H,2,8,17,21H2,1H3. The first-order valence-electron chi connectivity index (χ1n) is 11.3. The minimum absolute atomic E-state index is 0.452. The van der Waals surface area contributed by atoms with E-state index in [1.165, 1.54) is 38.6 Å². The zero-order chi connectivity index (χ0) is 21.0. The van der Waals surface area contributed by atoms with Crippen LogP contribution in [0.1, 0.15) is 47.9 Å². The second kappa shape index (κ2) is 8.81. The highest BCUT2D eigenvalue weighted by Crippen LogP contribution is 2.41. The van der Waals surface area contributed by atoms with E-state index in [0.29, 0.717) is 12.5 Å². The van der Waals surface area contributed by atoms with Crippen LogP contribution in [0.2, 0.25) is 0 Å². The number of allylic oxidation sites excluding steroid dienone is 2. The molecule has 0 aliphatic heterocycles. The van der Waals surface area contributed by atoms with Crippen molar-refractivity contribution in [2.45, 2.75) is 38.7 Å². The Bertz CT molecular complexity index is 1220. The summed E-state index contributed by atoms with van der Waals surface area (Å²) in [6.07, 6.45) is 5.81. The van der Waals surface area contributed by atoms with Crippen molar-refractivity contribution in [1.29, 1.82) is 0 Å². The quantitative estimate of drug-likeness (QED) is 0.304. The number of ether oxygens (including phenoxy) is 1. The second-order valence-electron chi connectivity index (χ2n) is 8.46. The molecule has 0 fully saturated rings. The summed E-state index contributed by atoms with van der Waals surface area (Å²) in [7, 11) is 0. The first-order valence-corrected chi connectivity index (χ1v) is 11.3. The lowest BCUT2D eigenvalue weighted by atomic mass is 9.93. The minimum atomic E-state index is 0.452. The van der Waals surface area contributed by atoms with Crippen LogP contribution in [0.5, 0.6) is 5.75 Å². The van der Waals surface area contributed by atoms with Gasteiger partial charge in [0.25, 0.3) is 0 Å². The fourth-order valence-corrected chi connectivity index (χ4v) is 4.67. The SMILES string of the molecule is CCCC1=CC(Cc2ccccc2)c2ccc(OCc3ccc4ccccc4c3)cc21. The van der Waals surface area contributed by atoms with Crippen molar-refractivity contribution in [3.8, 4) is 5.75 Å². The summed E-state index contributed by atoms with van der Waals surface area (Å²) in [6.45, 7) is 2.84. The lowest BCUT2D eigenvalue weighted by Crippen LogP contribution is -2.00. The molecule has 0 saturated heterocycles. The zero-order valence-electron chi connectivity index (χ0n) is 18.1. The van der Waals surface area contributed by atoms with Crippen LogP contribution >= 0.6 is 0 Å². The summed E-state index contributed by atoms with van der Waals surface area (Å²) >= 11 is 0. The van der Waals surface area contributed by atoms with Gasteiger partial charge in [0.1, 0.15) is 12.4 Å². The van der Waals surface area contributed by atoms with Gasteiger partial charge in [0.05, 0.1) is 0 Å². The molecular formula is C30H28O. The molecule has 0 amide bonds. The van der Waals surface area contributed by atoms with Gasteiger partial charge in [0, 0.05) is 5.92 Å². The molecule has 0 saturated carbocycles. The van der Waals surface area contributed by atoms with Crippen LogP contribution in [0.15, 0.2) is 97.1 Å². The van der Waals surface area contributed by atoms with Crippen LogP contribution in [-0.4, -0.2) is 0 Å². The molecule has 4 aromatic carbocycles. The Labute approximate surface area is 185 Å². The van der Waals surface area contributed by atoms with E-state index in [0.717, 1.165) is 25.0 Å². The van der Waals surface area contributed by atoms with Gasteiger partial charge >= 0.3 is 0 Å². The van der Waals surface area contributed by atoms with Gasteiger partial charge < -0.3 is 4.74 Å². The van der Waals surface area contributed by atoms with Crippen LogP contribution in [0.4, 0.5) is 0 Å². The van der Waals surface area contributed by atoms with E-state index in [9.17, 15) is 0 Å². The number of hydrogen-bond donors (Lipinski definition) is 0.